The first-order chi connectivity index (χ1) is 6.84. The van der Waals surface area contributed by atoms with Crippen molar-refractivity contribution in [1.82, 2.24) is 0 Å². The zero-order valence-corrected chi connectivity index (χ0v) is 8.79. The molecule has 1 aliphatic carbocycles. The van der Waals surface area contributed by atoms with E-state index < -0.39 is 0 Å². The topological polar surface area (TPSA) is 32.6 Å². The lowest BCUT2D eigenvalue weighted by molar-refractivity contribution is 0.474. The van der Waals surface area contributed by atoms with Crippen molar-refractivity contribution in [2.75, 3.05) is 0 Å². The minimum Gasteiger partial charge on any atom is -0.507 e. The van der Waals surface area contributed by atoms with Crippen molar-refractivity contribution in [2.24, 2.45) is 4.99 Å². The van der Waals surface area contributed by atoms with Gasteiger partial charge in [0.2, 0.25) is 0 Å². The molecule has 1 aromatic carbocycles. The van der Waals surface area contributed by atoms with Crippen LogP contribution in [0.15, 0.2) is 35.0 Å². The Bertz CT molecular complexity index is 500. The summed E-state index contributed by atoms with van der Waals surface area (Å²) in [6.45, 7) is 0. The fourth-order valence-electron chi connectivity index (χ4n) is 1.67. The third kappa shape index (κ3) is 1.68. The molecule has 0 spiro atoms. The summed E-state index contributed by atoms with van der Waals surface area (Å²) < 4.78 is 0. The van der Waals surface area contributed by atoms with Gasteiger partial charge in [-0.05, 0) is 29.4 Å². The first-order valence-electron chi connectivity index (χ1n) is 4.61. The standard InChI is InChI=1S/C12H9NO.ClH/c14-12-3-1-2-8-6-9-7-11(9)13-5-4-10(8)12;/h1-6,14H,7H2;1H/b5-4-,8-6?,9-6?,10-4?,13-5?,13-11?;. The number of aromatic hydroxyl groups is 1. The van der Waals surface area contributed by atoms with Gasteiger partial charge in [0.05, 0.1) is 0 Å². The number of hydrogen-bond acceptors (Lipinski definition) is 2. The van der Waals surface area contributed by atoms with Crippen LogP contribution in [0.3, 0.4) is 0 Å². The van der Waals surface area contributed by atoms with Gasteiger partial charge in [-0.2, -0.15) is 0 Å². The van der Waals surface area contributed by atoms with Crippen LogP contribution >= 0.6 is 12.4 Å². The van der Waals surface area contributed by atoms with E-state index >= 15 is 0 Å². The highest BCUT2D eigenvalue weighted by Gasteiger charge is 2.23. The molecule has 1 fully saturated rings. The van der Waals surface area contributed by atoms with E-state index in [9.17, 15) is 5.11 Å². The third-order valence-electron chi connectivity index (χ3n) is 2.52. The van der Waals surface area contributed by atoms with Crippen LogP contribution in [0, 0.1) is 0 Å². The monoisotopic (exact) mass is 219 g/mol. The number of benzene rings is 1. The number of allylic oxidation sites excluding steroid dienone is 1. The second-order valence-corrected chi connectivity index (χ2v) is 3.52. The highest BCUT2D eigenvalue weighted by molar-refractivity contribution is 6.21. The third-order valence-corrected chi connectivity index (χ3v) is 2.52. The van der Waals surface area contributed by atoms with E-state index in [2.05, 4.69) is 11.1 Å². The van der Waals surface area contributed by atoms with Crippen molar-refractivity contribution in [1.29, 1.82) is 0 Å². The fraction of sp³-hybridized carbons (Fsp3) is 0.0833. The molecule has 0 saturated heterocycles. The molecule has 3 heteroatoms. The van der Waals surface area contributed by atoms with Gasteiger partial charge in [-0.1, -0.05) is 12.1 Å². The molecular weight excluding hydrogens is 210 g/mol. The maximum Gasteiger partial charge on any atom is 0.123 e. The SMILES string of the molecule is Cl.Oc1cccc2c1/C=C\N=C1CC1=C2. The summed E-state index contributed by atoms with van der Waals surface area (Å²) >= 11 is 0. The molecule has 2 aliphatic rings. The molecule has 2 nitrogen and oxygen atoms in total. The molecule has 1 aromatic rings. The van der Waals surface area contributed by atoms with Crippen LogP contribution < -0.4 is 0 Å². The molecule has 0 bridgehead atoms. The molecular formula is C12H10ClNO. The van der Waals surface area contributed by atoms with E-state index in [4.69, 9.17) is 0 Å². The van der Waals surface area contributed by atoms with Crippen LogP contribution in [0.1, 0.15) is 17.5 Å². The van der Waals surface area contributed by atoms with Gasteiger partial charge >= 0.3 is 0 Å². The van der Waals surface area contributed by atoms with Gasteiger partial charge in [0.25, 0.3) is 0 Å². The lowest BCUT2D eigenvalue weighted by atomic mass is 10.1. The predicted octanol–water partition coefficient (Wildman–Crippen LogP) is 3.03. The molecule has 1 saturated carbocycles. The molecule has 0 unspecified atom stereocenters. The molecule has 1 N–H and O–H groups in total. The predicted molar refractivity (Wildman–Crippen MR) is 64.4 cm³/mol. The molecule has 0 aromatic heterocycles. The van der Waals surface area contributed by atoms with Gasteiger partial charge in [0.1, 0.15) is 5.75 Å². The Labute approximate surface area is 94.1 Å². The molecule has 1 heterocycles. The summed E-state index contributed by atoms with van der Waals surface area (Å²) in [7, 11) is 0. The van der Waals surface area contributed by atoms with Gasteiger partial charge < -0.3 is 5.11 Å². The van der Waals surface area contributed by atoms with Gasteiger partial charge in [0, 0.05) is 23.9 Å². The number of fused-ring (bicyclic) bond motifs is 2. The number of aliphatic imine (C=N–C) groups is 1. The Morgan fingerprint density at radius 3 is 3.00 bits per heavy atom. The number of halogens is 1. The quantitative estimate of drug-likeness (QED) is 0.715. The second-order valence-electron chi connectivity index (χ2n) is 3.52. The van der Waals surface area contributed by atoms with E-state index in [1.54, 1.807) is 12.3 Å². The van der Waals surface area contributed by atoms with Crippen molar-refractivity contribution in [3.63, 3.8) is 0 Å². The lowest BCUT2D eigenvalue weighted by Gasteiger charge is -2.03. The maximum absolute atomic E-state index is 9.64. The Kier molecular flexibility index (Phi) is 2.37. The molecule has 3 rings (SSSR count). The van der Waals surface area contributed by atoms with E-state index in [1.807, 2.05) is 18.2 Å². The van der Waals surface area contributed by atoms with Crippen molar-refractivity contribution in [3.05, 3.63) is 41.1 Å². The summed E-state index contributed by atoms with van der Waals surface area (Å²) in [5.74, 6) is 0.315. The van der Waals surface area contributed by atoms with Crippen molar-refractivity contribution < 1.29 is 5.11 Å². The van der Waals surface area contributed by atoms with Crippen LogP contribution in [0.4, 0.5) is 0 Å². The second kappa shape index (κ2) is 3.55. The smallest absolute Gasteiger partial charge is 0.123 e. The summed E-state index contributed by atoms with van der Waals surface area (Å²) in [6.07, 6.45) is 6.69. The summed E-state index contributed by atoms with van der Waals surface area (Å²) in [4.78, 5) is 4.25. The van der Waals surface area contributed by atoms with Crippen LogP contribution in [0.2, 0.25) is 0 Å². The summed E-state index contributed by atoms with van der Waals surface area (Å²) in [5.41, 5.74) is 4.37. The largest absolute Gasteiger partial charge is 0.507 e. The maximum atomic E-state index is 9.64. The number of hydrogen-bond donors (Lipinski definition) is 1. The number of nitrogens with zero attached hydrogens (tertiary/aromatic N) is 1. The lowest BCUT2D eigenvalue weighted by Crippen LogP contribution is -1.83. The van der Waals surface area contributed by atoms with Crippen LogP contribution in [-0.2, 0) is 0 Å². The number of rotatable bonds is 0. The van der Waals surface area contributed by atoms with Crippen LogP contribution in [0.5, 0.6) is 5.75 Å². The molecule has 0 amide bonds. The molecule has 1 aliphatic heterocycles. The van der Waals surface area contributed by atoms with Crippen molar-refractivity contribution in [3.8, 4) is 5.75 Å². The van der Waals surface area contributed by atoms with Gasteiger partial charge in [-0.15, -0.1) is 12.4 Å². The Balaban J connectivity index is 0.000000853. The van der Waals surface area contributed by atoms with Gasteiger partial charge in [0.15, 0.2) is 0 Å². The van der Waals surface area contributed by atoms with E-state index in [-0.39, 0.29) is 12.4 Å². The van der Waals surface area contributed by atoms with Gasteiger partial charge in [-0.3, -0.25) is 4.99 Å². The number of phenolic OH excluding ortho intramolecular Hbond substituents is 1. The van der Waals surface area contributed by atoms with Crippen molar-refractivity contribution in [2.45, 2.75) is 6.42 Å². The Morgan fingerprint density at radius 2 is 2.13 bits per heavy atom. The Hall–Kier alpha value is -1.54. The van der Waals surface area contributed by atoms with Crippen molar-refractivity contribution >= 4 is 30.3 Å². The average Bonchev–Trinajstić information content (AvgIpc) is 2.83. The van der Waals surface area contributed by atoms with Crippen LogP contribution in [-0.4, -0.2) is 10.8 Å². The highest BCUT2D eigenvalue weighted by Crippen LogP contribution is 2.33. The van der Waals surface area contributed by atoms with Gasteiger partial charge in [-0.25, -0.2) is 0 Å². The van der Waals surface area contributed by atoms with E-state index in [1.165, 1.54) is 5.57 Å². The molecule has 0 radical (unpaired) electrons. The Morgan fingerprint density at radius 1 is 1.27 bits per heavy atom. The first kappa shape index (κ1) is 9.99. The summed E-state index contributed by atoms with van der Waals surface area (Å²) in [6, 6.07) is 5.56. The zero-order valence-electron chi connectivity index (χ0n) is 7.97. The summed E-state index contributed by atoms with van der Waals surface area (Å²) in [5, 5.41) is 9.64. The first-order valence-corrected chi connectivity index (χ1v) is 4.61. The fourth-order valence-corrected chi connectivity index (χ4v) is 1.67. The molecule has 76 valence electrons. The normalized spacial score (nSPS) is 18.1. The number of phenols is 1. The van der Waals surface area contributed by atoms with E-state index in [0.29, 0.717) is 5.75 Å². The van der Waals surface area contributed by atoms with E-state index in [0.717, 1.165) is 23.3 Å². The average molecular weight is 220 g/mol. The molecule has 15 heavy (non-hydrogen) atoms. The minimum absolute atomic E-state index is 0. The minimum atomic E-state index is 0. The zero-order chi connectivity index (χ0) is 9.54. The molecule has 0 atom stereocenters. The van der Waals surface area contributed by atoms with Crippen LogP contribution in [0.25, 0.3) is 12.2 Å². The highest BCUT2D eigenvalue weighted by atomic mass is 35.5.